The molecule has 0 radical (unpaired) electrons. The van der Waals surface area contributed by atoms with Crippen LogP contribution in [-0.4, -0.2) is 29.5 Å². The Hall–Kier alpha value is -3.30. The molecule has 0 spiro atoms. The number of pyridine rings is 1. The van der Waals surface area contributed by atoms with Crippen molar-refractivity contribution in [3.8, 4) is 23.1 Å². The van der Waals surface area contributed by atoms with Gasteiger partial charge in [-0.2, -0.15) is 27.2 Å². The quantitative estimate of drug-likeness (QED) is 0.261. The summed E-state index contributed by atoms with van der Waals surface area (Å²) in [6, 6.07) is 14.1. The second-order valence-electron chi connectivity index (χ2n) is 6.81. The molecule has 3 aromatic rings. The van der Waals surface area contributed by atoms with E-state index in [9.17, 15) is 32.0 Å². The molecule has 1 amide bonds. The second kappa shape index (κ2) is 11.4. The number of nitrogens with zero attached hydrogens (tertiary/aromatic N) is 2. The van der Waals surface area contributed by atoms with E-state index < -0.39 is 29.0 Å². The number of carbonyl (C=O) groups is 1. The van der Waals surface area contributed by atoms with Gasteiger partial charge in [-0.15, -0.1) is 0 Å². The van der Waals surface area contributed by atoms with Crippen LogP contribution in [0.1, 0.15) is 11.1 Å². The number of thioether (sulfide) groups is 2. The number of methoxy groups -OCH3 is 1. The van der Waals surface area contributed by atoms with Gasteiger partial charge in [0.1, 0.15) is 16.8 Å². The summed E-state index contributed by atoms with van der Waals surface area (Å²) in [4.78, 5) is 16.7. The number of ether oxygens (including phenoxy) is 1. The fourth-order valence-corrected chi connectivity index (χ4v) is 4.22. The van der Waals surface area contributed by atoms with Gasteiger partial charge < -0.3 is 10.1 Å². The van der Waals surface area contributed by atoms with Gasteiger partial charge in [0.25, 0.3) is 5.76 Å². The Kier molecular flexibility index (Phi) is 8.58. The highest BCUT2D eigenvalue weighted by Crippen LogP contribution is 2.38. The Bertz CT molecular complexity index is 1230. The van der Waals surface area contributed by atoms with Crippen molar-refractivity contribution >= 4 is 35.1 Å². The lowest BCUT2D eigenvalue weighted by molar-refractivity contribution is -0.138. The molecule has 2 aromatic carbocycles. The van der Waals surface area contributed by atoms with Crippen LogP contribution in [0.4, 0.5) is 27.6 Å². The van der Waals surface area contributed by atoms with Crippen molar-refractivity contribution in [3.63, 3.8) is 0 Å². The van der Waals surface area contributed by atoms with E-state index in [1.807, 2.05) is 0 Å². The maximum absolute atomic E-state index is 13.7. The Morgan fingerprint density at radius 2 is 1.80 bits per heavy atom. The molecule has 0 fully saturated rings. The van der Waals surface area contributed by atoms with Crippen LogP contribution < -0.4 is 10.1 Å². The fraction of sp³-hybridized carbons (Fsp3) is 0.174. The minimum atomic E-state index is -4.85. The first kappa shape index (κ1) is 26.3. The number of hydrogen-bond donors (Lipinski definition) is 1. The molecule has 0 aliphatic rings. The number of halogens is 5. The van der Waals surface area contributed by atoms with Crippen LogP contribution in [0.25, 0.3) is 11.3 Å². The molecule has 0 bridgehead atoms. The van der Waals surface area contributed by atoms with Gasteiger partial charge in [0.2, 0.25) is 5.91 Å². The summed E-state index contributed by atoms with van der Waals surface area (Å²) < 4.78 is 71.2. The van der Waals surface area contributed by atoms with Crippen LogP contribution in [0.3, 0.4) is 0 Å². The van der Waals surface area contributed by atoms with Crippen molar-refractivity contribution in [3.05, 3.63) is 65.7 Å². The van der Waals surface area contributed by atoms with Crippen LogP contribution in [0.5, 0.6) is 5.75 Å². The van der Waals surface area contributed by atoms with E-state index in [1.165, 1.54) is 37.4 Å². The van der Waals surface area contributed by atoms with Crippen LogP contribution in [0.2, 0.25) is 0 Å². The van der Waals surface area contributed by atoms with Gasteiger partial charge in [-0.3, -0.25) is 4.79 Å². The molecule has 12 heteroatoms. The Labute approximate surface area is 205 Å². The number of aromatic nitrogens is 1. The maximum atomic E-state index is 13.7. The maximum Gasteiger partial charge on any atom is 0.417 e. The third kappa shape index (κ3) is 7.10. The topological polar surface area (TPSA) is 75.0 Å². The van der Waals surface area contributed by atoms with Crippen LogP contribution in [-0.2, 0) is 11.0 Å². The third-order valence-corrected chi connectivity index (χ3v) is 6.19. The first-order chi connectivity index (χ1) is 16.6. The van der Waals surface area contributed by atoms with Gasteiger partial charge >= 0.3 is 6.18 Å². The number of amides is 1. The predicted octanol–water partition coefficient (Wildman–Crippen LogP) is 6.69. The van der Waals surface area contributed by atoms with Crippen LogP contribution >= 0.6 is 23.5 Å². The average Bonchev–Trinajstić information content (AvgIpc) is 2.82. The molecule has 0 saturated carbocycles. The number of alkyl halides is 5. The van der Waals surface area contributed by atoms with Crippen molar-refractivity contribution in [2.24, 2.45) is 0 Å². The highest BCUT2D eigenvalue weighted by Gasteiger charge is 2.36. The fourth-order valence-electron chi connectivity index (χ4n) is 2.92. The first-order valence-electron chi connectivity index (χ1n) is 9.75. The van der Waals surface area contributed by atoms with E-state index in [0.29, 0.717) is 35.0 Å². The monoisotopic (exact) mass is 525 g/mol. The summed E-state index contributed by atoms with van der Waals surface area (Å²) in [5.74, 6) is -2.88. The van der Waals surface area contributed by atoms with E-state index in [0.717, 1.165) is 6.07 Å². The number of benzene rings is 2. The summed E-state index contributed by atoms with van der Waals surface area (Å²) >= 11 is 0.984. The summed E-state index contributed by atoms with van der Waals surface area (Å²) in [6.07, 6.45) is -4.85. The summed E-state index contributed by atoms with van der Waals surface area (Å²) in [7, 11) is 1.49. The predicted molar refractivity (Wildman–Crippen MR) is 124 cm³/mol. The van der Waals surface area contributed by atoms with Gasteiger partial charge in [-0.25, -0.2) is 4.98 Å². The van der Waals surface area contributed by atoms with E-state index in [-0.39, 0.29) is 26.9 Å². The van der Waals surface area contributed by atoms with Gasteiger partial charge in [0.05, 0.1) is 29.7 Å². The lowest BCUT2D eigenvalue weighted by Crippen LogP contribution is -2.15. The number of nitrogens with one attached hydrogen (secondary N) is 1. The molecule has 5 nitrogen and oxygen atoms in total. The molecule has 3 rings (SSSR count). The minimum absolute atomic E-state index is 0.108. The zero-order valence-electron chi connectivity index (χ0n) is 17.9. The zero-order chi connectivity index (χ0) is 25.6. The van der Waals surface area contributed by atoms with Gasteiger partial charge in [-0.1, -0.05) is 35.7 Å². The molecule has 1 N–H and O–H groups in total. The molecule has 35 heavy (non-hydrogen) atoms. The smallest absolute Gasteiger partial charge is 0.417 e. The molecule has 1 heterocycles. The Balaban J connectivity index is 1.87. The minimum Gasteiger partial charge on any atom is -0.497 e. The van der Waals surface area contributed by atoms with E-state index in [1.54, 1.807) is 24.3 Å². The number of rotatable bonds is 8. The van der Waals surface area contributed by atoms with Crippen molar-refractivity contribution in [1.29, 1.82) is 5.26 Å². The Morgan fingerprint density at radius 1 is 1.14 bits per heavy atom. The lowest BCUT2D eigenvalue weighted by Gasteiger charge is -2.14. The number of carbonyl (C=O) groups excluding carboxylic acids is 1. The van der Waals surface area contributed by atoms with E-state index in [2.05, 4.69) is 10.3 Å². The molecular formula is C23H16F5N3O2S2. The molecular weight excluding hydrogens is 509 g/mol. The number of hydrogen-bond acceptors (Lipinski definition) is 6. The molecule has 0 aliphatic heterocycles. The largest absolute Gasteiger partial charge is 0.497 e. The third-order valence-electron chi connectivity index (χ3n) is 4.49. The summed E-state index contributed by atoms with van der Waals surface area (Å²) in [5.41, 5.74) is -1.31. The lowest BCUT2D eigenvalue weighted by atomic mass is 10.1. The second-order valence-corrected chi connectivity index (χ2v) is 8.84. The number of anilines is 1. The van der Waals surface area contributed by atoms with Crippen molar-refractivity contribution in [2.75, 3.05) is 18.2 Å². The molecule has 182 valence electrons. The molecule has 0 saturated heterocycles. The van der Waals surface area contributed by atoms with E-state index >= 15 is 0 Å². The van der Waals surface area contributed by atoms with E-state index in [4.69, 9.17) is 4.74 Å². The SMILES string of the molecule is COc1ccc(NC(=O)CSc2nc(-c3ccc(SC(F)F)cc3)cc(C(F)(F)F)c2C#N)cc1. The summed E-state index contributed by atoms with van der Waals surface area (Å²) in [6.45, 7) is 0. The summed E-state index contributed by atoms with van der Waals surface area (Å²) in [5, 5.41) is 11.7. The highest BCUT2D eigenvalue weighted by atomic mass is 32.2. The average molecular weight is 526 g/mol. The van der Waals surface area contributed by atoms with Crippen molar-refractivity contribution in [2.45, 2.75) is 21.9 Å². The standard InChI is InChI=1S/C23H16F5N3O2S2/c1-33-15-6-4-14(5-7-15)30-20(32)12-34-21-17(11-29)18(23(26,27)28)10-19(31-21)13-2-8-16(9-3-13)35-22(24)25/h2-10,22H,12H2,1H3,(H,30,32). The van der Waals surface area contributed by atoms with Gasteiger partial charge in [-0.05, 0) is 42.5 Å². The molecule has 0 aliphatic carbocycles. The van der Waals surface area contributed by atoms with Crippen molar-refractivity contribution in [1.82, 2.24) is 4.98 Å². The molecule has 1 aromatic heterocycles. The van der Waals surface area contributed by atoms with Gasteiger partial charge in [0.15, 0.2) is 0 Å². The number of nitriles is 1. The van der Waals surface area contributed by atoms with Gasteiger partial charge in [0, 0.05) is 16.1 Å². The Morgan fingerprint density at radius 3 is 2.34 bits per heavy atom. The highest BCUT2D eigenvalue weighted by molar-refractivity contribution is 8.00. The van der Waals surface area contributed by atoms with Crippen molar-refractivity contribution < 1.29 is 31.5 Å². The molecule has 0 unspecified atom stereocenters. The molecule has 0 atom stereocenters. The normalized spacial score (nSPS) is 11.3. The van der Waals surface area contributed by atoms with Crippen LogP contribution in [0.15, 0.2) is 64.5 Å². The van der Waals surface area contributed by atoms with Crippen LogP contribution in [0, 0.1) is 11.3 Å². The zero-order valence-corrected chi connectivity index (χ0v) is 19.5. The first-order valence-corrected chi connectivity index (χ1v) is 11.6.